The zero-order valence-electron chi connectivity index (χ0n) is 7.46. The Morgan fingerprint density at radius 2 is 2.07 bits per heavy atom. The molecule has 0 saturated carbocycles. The Hall–Kier alpha value is -1.05. The minimum Gasteiger partial charge on any atom is -0.395 e. The van der Waals surface area contributed by atoms with Crippen molar-refractivity contribution in [2.75, 3.05) is 26.3 Å². The number of hydrogen-bond donors (Lipinski definition) is 2. The fourth-order valence-electron chi connectivity index (χ4n) is 0.977. The van der Waals surface area contributed by atoms with Crippen LogP contribution in [0.5, 0.6) is 0 Å². The van der Waals surface area contributed by atoms with Crippen molar-refractivity contribution in [3.05, 3.63) is 11.9 Å². The second kappa shape index (κ2) is 5.63. The van der Waals surface area contributed by atoms with Gasteiger partial charge in [0.05, 0.1) is 31.1 Å². The van der Waals surface area contributed by atoms with E-state index in [1.807, 2.05) is 0 Å². The summed E-state index contributed by atoms with van der Waals surface area (Å²) < 4.78 is 7.48. The molecule has 6 nitrogen and oxygen atoms in total. The van der Waals surface area contributed by atoms with Gasteiger partial charge in [0, 0.05) is 13.1 Å². The van der Waals surface area contributed by atoms with Gasteiger partial charge in [-0.1, -0.05) is 0 Å². The summed E-state index contributed by atoms with van der Waals surface area (Å²) in [6.45, 7) is 0.112. The molecule has 14 heavy (non-hydrogen) atoms. The predicted molar refractivity (Wildman–Crippen MR) is 50.0 cm³/mol. The van der Waals surface area contributed by atoms with Crippen LogP contribution >= 0.6 is 11.7 Å². The number of rotatable bonds is 5. The molecule has 0 saturated heterocycles. The smallest absolute Gasteiger partial charge is 0.275 e. The van der Waals surface area contributed by atoms with Crippen molar-refractivity contribution in [2.45, 2.75) is 0 Å². The number of aromatic nitrogens is 2. The molecule has 7 heteroatoms. The van der Waals surface area contributed by atoms with E-state index in [-0.39, 0.29) is 37.9 Å². The second-order valence-corrected chi connectivity index (χ2v) is 3.09. The first-order chi connectivity index (χ1) is 6.79. The molecule has 0 spiro atoms. The second-order valence-electron chi connectivity index (χ2n) is 2.53. The van der Waals surface area contributed by atoms with Crippen molar-refractivity contribution in [1.82, 2.24) is 13.6 Å². The highest BCUT2D eigenvalue weighted by molar-refractivity contribution is 6.99. The van der Waals surface area contributed by atoms with Crippen LogP contribution in [0.2, 0.25) is 0 Å². The SMILES string of the molecule is O=C(c1cnsn1)N(CCO)CCO. The summed E-state index contributed by atoms with van der Waals surface area (Å²) >= 11 is 0.949. The van der Waals surface area contributed by atoms with Gasteiger partial charge in [-0.3, -0.25) is 4.79 Å². The first-order valence-electron chi connectivity index (χ1n) is 4.08. The Morgan fingerprint density at radius 3 is 2.50 bits per heavy atom. The largest absolute Gasteiger partial charge is 0.395 e. The van der Waals surface area contributed by atoms with Crippen molar-refractivity contribution in [3.8, 4) is 0 Å². The molecule has 0 radical (unpaired) electrons. The number of carbonyl (C=O) groups excluding carboxylic acids is 1. The van der Waals surface area contributed by atoms with E-state index in [0.29, 0.717) is 0 Å². The highest BCUT2D eigenvalue weighted by Gasteiger charge is 2.16. The number of aliphatic hydroxyl groups is 2. The summed E-state index contributed by atoms with van der Waals surface area (Å²) in [6.07, 6.45) is 1.37. The molecular weight excluding hydrogens is 206 g/mol. The summed E-state index contributed by atoms with van der Waals surface area (Å²) in [6, 6.07) is 0. The van der Waals surface area contributed by atoms with Crippen LogP contribution in [0.25, 0.3) is 0 Å². The third-order valence-corrected chi connectivity index (χ3v) is 2.09. The molecule has 0 aromatic carbocycles. The minimum atomic E-state index is -0.318. The lowest BCUT2D eigenvalue weighted by Gasteiger charge is -2.18. The van der Waals surface area contributed by atoms with Crippen molar-refractivity contribution < 1.29 is 15.0 Å². The van der Waals surface area contributed by atoms with E-state index in [1.165, 1.54) is 11.1 Å². The maximum atomic E-state index is 11.6. The van der Waals surface area contributed by atoms with E-state index in [1.54, 1.807) is 0 Å². The third kappa shape index (κ3) is 2.72. The van der Waals surface area contributed by atoms with Gasteiger partial charge in [-0.25, -0.2) is 0 Å². The number of hydrogen-bond acceptors (Lipinski definition) is 6. The molecule has 0 aliphatic carbocycles. The molecule has 1 rings (SSSR count). The van der Waals surface area contributed by atoms with Gasteiger partial charge in [-0.05, 0) is 0 Å². The Bertz CT molecular complexity index is 272. The number of amides is 1. The number of nitrogens with zero attached hydrogens (tertiary/aromatic N) is 3. The van der Waals surface area contributed by atoms with Gasteiger partial charge in [-0.2, -0.15) is 8.75 Å². The van der Waals surface area contributed by atoms with Crippen LogP contribution in [0.4, 0.5) is 0 Å². The molecule has 0 atom stereocenters. The average molecular weight is 217 g/mol. The fourth-order valence-corrected chi connectivity index (χ4v) is 1.38. The standard InChI is InChI=1S/C7H11N3O3S/c11-3-1-10(2-4-12)7(13)6-5-8-14-9-6/h5,11-12H,1-4H2. The Morgan fingerprint density at radius 1 is 1.43 bits per heavy atom. The molecule has 1 heterocycles. The summed E-state index contributed by atoms with van der Waals surface area (Å²) in [5, 5.41) is 17.4. The van der Waals surface area contributed by atoms with Crippen molar-refractivity contribution in [2.24, 2.45) is 0 Å². The van der Waals surface area contributed by atoms with Gasteiger partial charge in [-0.15, -0.1) is 0 Å². The molecule has 1 aromatic heterocycles. The van der Waals surface area contributed by atoms with Gasteiger partial charge in [0.2, 0.25) is 0 Å². The van der Waals surface area contributed by atoms with E-state index in [0.717, 1.165) is 11.7 Å². The van der Waals surface area contributed by atoms with Crippen LogP contribution in [0.1, 0.15) is 10.5 Å². The molecule has 0 aliphatic heterocycles. The zero-order valence-corrected chi connectivity index (χ0v) is 8.27. The predicted octanol–water partition coefficient (Wildman–Crippen LogP) is -1.04. The molecule has 0 unspecified atom stereocenters. The first kappa shape index (κ1) is 11.0. The third-order valence-electron chi connectivity index (χ3n) is 1.61. The maximum Gasteiger partial charge on any atom is 0.275 e. The Labute approximate surface area is 85.1 Å². The van der Waals surface area contributed by atoms with Crippen molar-refractivity contribution >= 4 is 17.6 Å². The van der Waals surface area contributed by atoms with Crippen LogP contribution in [0.3, 0.4) is 0 Å². The van der Waals surface area contributed by atoms with Gasteiger partial charge in [0.1, 0.15) is 0 Å². The first-order valence-corrected chi connectivity index (χ1v) is 4.81. The lowest BCUT2D eigenvalue weighted by atomic mass is 10.3. The maximum absolute atomic E-state index is 11.6. The molecule has 0 aliphatic rings. The van der Waals surface area contributed by atoms with Crippen LogP contribution in [0.15, 0.2) is 6.20 Å². The van der Waals surface area contributed by atoms with Gasteiger partial charge in [0.15, 0.2) is 5.69 Å². The van der Waals surface area contributed by atoms with Crippen LogP contribution in [0, 0.1) is 0 Å². The van der Waals surface area contributed by atoms with E-state index in [9.17, 15) is 4.79 Å². The van der Waals surface area contributed by atoms with Crippen LogP contribution < -0.4 is 0 Å². The quantitative estimate of drug-likeness (QED) is 0.658. The van der Waals surface area contributed by atoms with Crippen LogP contribution in [-0.4, -0.2) is 56.1 Å². The number of carbonyl (C=O) groups is 1. The molecule has 0 fully saturated rings. The summed E-state index contributed by atoms with van der Waals surface area (Å²) in [4.78, 5) is 12.9. The average Bonchev–Trinajstić information content (AvgIpc) is 2.69. The van der Waals surface area contributed by atoms with E-state index in [2.05, 4.69) is 8.75 Å². The number of aliphatic hydroxyl groups excluding tert-OH is 2. The summed E-state index contributed by atoms with van der Waals surface area (Å²) in [5.41, 5.74) is 0.247. The molecule has 0 bridgehead atoms. The van der Waals surface area contributed by atoms with Crippen molar-refractivity contribution in [3.63, 3.8) is 0 Å². The van der Waals surface area contributed by atoms with E-state index in [4.69, 9.17) is 10.2 Å². The minimum absolute atomic E-state index is 0.136. The van der Waals surface area contributed by atoms with Crippen molar-refractivity contribution in [1.29, 1.82) is 0 Å². The fraction of sp³-hybridized carbons (Fsp3) is 0.571. The highest BCUT2D eigenvalue weighted by atomic mass is 32.1. The Kier molecular flexibility index (Phi) is 4.44. The molecule has 1 amide bonds. The summed E-state index contributed by atoms with van der Waals surface area (Å²) in [7, 11) is 0. The lowest BCUT2D eigenvalue weighted by molar-refractivity contribution is 0.0680. The van der Waals surface area contributed by atoms with Gasteiger partial charge < -0.3 is 15.1 Å². The molecular formula is C7H11N3O3S. The molecule has 2 N–H and O–H groups in total. The normalized spacial score (nSPS) is 10.1. The zero-order chi connectivity index (χ0) is 10.4. The topological polar surface area (TPSA) is 86.6 Å². The molecule has 1 aromatic rings. The van der Waals surface area contributed by atoms with E-state index >= 15 is 0 Å². The Balaban J connectivity index is 2.63. The van der Waals surface area contributed by atoms with Gasteiger partial charge >= 0.3 is 0 Å². The van der Waals surface area contributed by atoms with Gasteiger partial charge in [0.25, 0.3) is 5.91 Å². The highest BCUT2D eigenvalue weighted by Crippen LogP contribution is 2.01. The van der Waals surface area contributed by atoms with Crippen LogP contribution in [-0.2, 0) is 0 Å². The summed E-state index contributed by atoms with van der Waals surface area (Å²) in [5.74, 6) is -0.318. The monoisotopic (exact) mass is 217 g/mol. The lowest BCUT2D eigenvalue weighted by Crippen LogP contribution is -2.36. The molecule has 78 valence electrons. The van der Waals surface area contributed by atoms with E-state index < -0.39 is 0 Å².